The van der Waals surface area contributed by atoms with E-state index < -0.39 is 5.97 Å². The van der Waals surface area contributed by atoms with Crippen LogP contribution in [0.3, 0.4) is 0 Å². The summed E-state index contributed by atoms with van der Waals surface area (Å²) in [5.41, 5.74) is 4.81. The number of fused-ring (bicyclic) bond motifs is 1. The molecule has 0 radical (unpaired) electrons. The van der Waals surface area contributed by atoms with Crippen LogP contribution in [0.15, 0.2) is 42.5 Å². The third-order valence-corrected chi connectivity index (χ3v) is 6.37. The van der Waals surface area contributed by atoms with Gasteiger partial charge in [0.05, 0.1) is 15.9 Å². The maximum atomic E-state index is 11.4. The highest BCUT2D eigenvalue weighted by atomic mass is 32.1. The Morgan fingerprint density at radius 2 is 1.89 bits per heavy atom. The quantitative estimate of drug-likeness (QED) is 0.401. The number of aromatic carboxylic acids is 1. The van der Waals surface area contributed by atoms with Crippen LogP contribution in [0.5, 0.6) is 0 Å². The average molecular weight is 410 g/mol. The zero-order valence-electron chi connectivity index (χ0n) is 15.5. The minimum atomic E-state index is -0.921. The summed E-state index contributed by atoms with van der Waals surface area (Å²) in [5, 5.41) is 14.2. The number of benzene rings is 2. The first-order chi connectivity index (χ1) is 13.5. The Morgan fingerprint density at radius 3 is 2.61 bits per heavy atom. The lowest BCUT2D eigenvalue weighted by Gasteiger charge is -2.03. The van der Waals surface area contributed by atoms with Gasteiger partial charge in [-0.1, -0.05) is 30.7 Å². The van der Waals surface area contributed by atoms with Gasteiger partial charge in [-0.05, 0) is 55.3 Å². The maximum absolute atomic E-state index is 11.4. The van der Waals surface area contributed by atoms with Gasteiger partial charge in [0.1, 0.15) is 9.88 Å². The molecule has 0 fully saturated rings. The molecule has 142 valence electrons. The number of carbonyl (C=O) groups is 1. The highest BCUT2D eigenvalue weighted by Gasteiger charge is 2.16. The summed E-state index contributed by atoms with van der Waals surface area (Å²) >= 11 is 2.86. The van der Waals surface area contributed by atoms with Crippen LogP contribution in [0.1, 0.15) is 34.3 Å². The van der Waals surface area contributed by atoms with E-state index in [2.05, 4.69) is 35.4 Å². The lowest BCUT2D eigenvalue weighted by Crippen LogP contribution is -1.98. The van der Waals surface area contributed by atoms with Gasteiger partial charge >= 0.3 is 5.97 Å². The van der Waals surface area contributed by atoms with Gasteiger partial charge in [0, 0.05) is 11.3 Å². The molecule has 0 aliphatic heterocycles. The minimum absolute atomic E-state index is 0.311. The third kappa shape index (κ3) is 3.76. The predicted octanol–water partition coefficient (Wildman–Crippen LogP) is 6.12. The van der Waals surface area contributed by atoms with E-state index in [4.69, 9.17) is 4.98 Å². The van der Waals surface area contributed by atoms with Gasteiger partial charge < -0.3 is 10.4 Å². The van der Waals surface area contributed by atoms with Crippen LogP contribution in [0, 0.1) is 6.92 Å². The Hall–Kier alpha value is -2.77. The maximum Gasteiger partial charge on any atom is 0.347 e. The van der Waals surface area contributed by atoms with Crippen molar-refractivity contribution in [2.75, 3.05) is 5.32 Å². The molecule has 5 nitrogen and oxygen atoms in total. The number of hydrogen-bond acceptors (Lipinski definition) is 6. The summed E-state index contributed by atoms with van der Waals surface area (Å²) in [6.45, 7) is 4.10. The number of aromatic nitrogens is 2. The molecule has 0 aliphatic carbocycles. The number of thiazole rings is 2. The van der Waals surface area contributed by atoms with E-state index in [0.717, 1.165) is 28.2 Å². The molecule has 0 saturated carbocycles. The molecule has 2 heterocycles. The third-order valence-electron chi connectivity index (χ3n) is 4.31. The van der Waals surface area contributed by atoms with Crippen LogP contribution in [0.2, 0.25) is 0 Å². The number of rotatable bonds is 6. The molecule has 4 aromatic rings. The summed E-state index contributed by atoms with van der Waals surface area (Å²) in [7, 11) is 0. The number of aryl methyl sites for hydroxylation is 2. The molecule has 7 heteroatoms. The second kappa shape index (κ2) is 7.69. The van der Waals surface area contributed by atoms with Crippen LogP contribution in [0.4, 0.5) is 10.8 Å². The van der Waals surface area contributed by atoms with Crippen molar-refractivity contribution < 1.29 is 9.90 Å². The van der Waals surface area contributed by atoms with Gasteiger partial charge in [0.15, 0.2) is 5.13 Å². The molecular formula is C21H19N3O2S2. The van der Waals surface area contributed by atoms with E-state index in [9.17, 15) is 9.90 Å². The van der Waals surface area contributed by atoms with Crippen molar-refractivity contribution in [3.8, 4) is 10.6 Å². The summed E-state index contributed by atoms with van der Waals surface area (Å²) in [5.74, 6) is -0.921. The number of hydrogen-bond donors (Lipinski definition) is 2. The Morgan fingerprint density at radius 1 is 1.11 bits per heavy atom. The number of nitrogens with zero attached hydrogens (tertiary/aromatic N) is 2. The fourth-order valence-electron chi connectivity index (χ4n) is 2.95. The number of anilines is 2. The van der Waals surface area contributed by atoms with E-state index in [1.807, 2.05) is 31.2 Å². The van der Waals surface area contributed by atoms with E-state index in [1.54, 1.807) is 11.3 Å². The smallest absolute Gasteiger partial charge is 0.347 e. The zero-order valence-corrected chi connectivity index (χ0v) is 17.2. The standard InChI is InChI=1S/C21H19N3O2S2/c1-3-4-16-18(20(25)26)28-21(24-16)22-14-8-6-13(7-9-14)19-23-15-10-5-12(2)11-17(15)27-19/h5-11H,3-4H2,1-2H3,(H,22,24)(H,25,26). The van der Waals surface area contributed by atoms with Gasteiger partial charge in [0.25, 0.3) is 0 Å². The van der Waals surface area contributed by atoms with Crippen molar-refractivity contribution in [3.05, 3.63) is 58.6 Å². The highest BCUT2D eigenvalue weighted by molar-refractivity contribution is 7.21. The SMILES string of the molecule is CCCc1nc(Nc2ccc(-c3nc4ccc(C)cc4s3)cc2)sc1C(=O)O. The van der Waals surface area contributed by atoms with E-state index in [-0.39, 0.29) is 0 Å². The Labute approximate surface area is 170 Å². The molecule has 0 unspecified atom stereocenters. The number of carboxylic acid groups (broad SMARTS) is 1. The predicted molar refractivity (Wildman–Crippen MR) is 116 cm³/mol. The van der Waals surface area contributed by atoms with Gasteiger partial charge in [-0.2, -0.15) is 0 Å². The Kier molecular flexibility index (Phi) is 5.11. The van der Waals surface area contributed by atoms with Crippen LogP contribution < -0.4 is 5.32 Å². The van der Waals surface area contributed by atoms with Crippen LogP contribution >= 0.6 is 22.7 Å². The molecule has 0 spiro atoms. The molecule has 28 heavy (non-hydrogen) atoms. The van der Waals surface area contributed by atoms with Crippen molar-refractivity contribution >= 4 is 49.7 Å². The molecule has 0 saturated heterocycles. The monoisotopic (exact) mass is 409 g/mol. The molecule has 0 amide bonds. The van der Waals surface area contributed by atoms with Gasteiger partial charge in [0.2, 0.25) is 0 Å². The summed E-state index contributed by atoms with van der Waals surface area (Å²) < 4.78 is 1.18. The Balaban J connectivity index is 1.56. The van der Waals surface area contributed by atoms with Crippen molar-refractivity contribution in [2.45, 2.75) is 26.7 Å². The van der Waals surface area contributed by atoms with Gasteiger partial charge in [-0.3, -0.25) is 0 Å². The second-order valence-corrected chi connectivity index (χ2v) is 8.57. The summed E-state index contributed by atoms with van der Waals surface area (Å²) in [6, 6.07) is 14.3. The zero-order chi connectivity index (χ0) is 19.7. The van der Waals surface area contributed by atoms with Crippen molar-refractivity contribution in [2.24, 2.45) is 0 Å². The molecule has 0 atom stereocenters. The normalized spacial score (nSPS) is 11.1. The lowest BCUT2D eigenvalue weighted by atomic mass is 10.2. The first kappa shape index (κ1) is 18.6. The molecule has 4 rings (SSSR count). The molecule has 2 N–H and O–H groups in total. The fourth-order valence-corrected chi connectivity index (χ4v) is 4.89. The van der Waals surface area contributed by atoms with Crippen molar-refractivity contribution in [3.63, 3.8) is 0 Å². The minimum Gasteiger partial charge on any atom is -0.477 e. The largest absolute Gasteiger partial charge is 0.477 e. The van der Waals surface area contributed by atoms with E-state index >= 15 is 0 Å². The first-order valence-corrected chi connectivity index (χ1v) is 10.6. The fraction of sp³-hybridized carbons (Fsp3) is 0.190. The molecular weight excluding hydrogens is 390 g/mol. The molecule has 0 bridgehead atoms. The molecule has 2 aromatic carbocycles. The molecule has 2 aromatic heterocycles. The van der Waals surface area contributed by atoms with Crippen LogP contribution in [0.25, 0.3) is 20.8 Å². The van der Waals surface area contributed by atoms with Crippen LogP contribution in [-0.4, -0.2) is 21.0 Å². The average Bonchev–Trinajstić information content (AvgIpc) is 3.26. The van der Waals surface area contributed by atoms with E-state index in [1.165, 1.54) is 21.6 Å². The van der Waals surface area contributed by atoms with E-state index in [0.29, 0.717) is 22.1 Å². The first-order valence-electron chi connectivity index (χ1n) is 9.01. The Bertz CT molecular complexity index is 1150. The van der Waals surface area contributed by atoms with Crippen molar-refractivity contribution in [1.29, 1.82) is 0 Å². The van der Waals surface area contributed by atoms with Crippen LogP contribution in [-0.2, 0) is 6.42 Å². The molecule has 0 aliphatic rings. The van der Waals surface area contributed by atoms with Gasteiger partial charge in [-0.25, -0.2) is 14.8 Å². The number of nitrogens with one attached hydrogen (secondary N) is 1. The summed E-state index contributed by atoms with van der Waals surface area (Å²) in [4.78, 5) is 20.9. The highest BCUT2D eigenvalue weighted by Crippen LogP contribution is 2.32. The summed E-state index contributed by atoms with van der Waals surface area (Å²) in [6.07, 6.45) is 1.52. The number of carboxylic acids is 1. The van der Waals surface area contributed by atoms with Crippen molar-refractivity contribution in [1.82, 2.24) is 9.97 Å². The van der Waals surface area contributed by atoms with Gasteiger partial charge in [-0.15, -0.1) is 11.3 Å². The topological polar surface area (TPSA) is 75.1 Å². The second-order valence-electron chi connectivity index (χ2n) is 6.54. The lowest BCUT2D eigenvalue weighted by molar-refractivity contribution is 0.0700.